The van der Waals surface area contributed by atoms with Gasteiger partial charge in [0.1, 0.15) is 0 Å². The van der Waals surface area contributed by atoms with Gasteiger partial charge in [0, 0.05) is 26.1 Å². The number of nitrogens with zero attached hydrogens (tertiary/aromatic N) is 1. The van der Waals surface area contributed by atoms with E-state index in [0.29, 0.717) is 12.0 Å². The Bertz CT molecular complexity index is 929. The van der Waals surface area contributed by atoms with Gasteiger partial charge in [-0.1, -0.05) is 133 Å². The van der Waals surface area contributed by atoms with Crippen LogP contribution in [0.3, 0.4) is 0 Å². The molecule has 5 aliphatic rings. The Hall–Kier alpha value is -1.40. The first-order valence-electron chi connectivity index (χ1n) is 22.6. The highest BCUT2D eigenvalue weighted by Crippen LogP contribution is 2.64. The molecule has 6 heteroatoms. The van der Waals surface area contributed by atoms with Crippen molar-refractivity contribution in [3.63, 3.8) is 0 Å². The molecule has 1 heterocycles. The van der Waals surface area contributed by atoms with Crippen LogP contribution in [0.25, 0.3) is 0 Å². The van der Waals surface area contributed by atoms with Crippen LogP contribution in [0.4, 0.5) is 0 Å². The summed E-state index contributed by atoms with van der Waals surface area (Å²) in [4.78, 5) is 23.8. The monoisotopic (exact) mass is 735 g/mol. The molecule has 0 aromatic rings. The lowest BCUT2D eigenvalue weighted by atomic mass is 9.48. The number of aliphatic carboxylic acids is 1. The lowest BCUT2D eigenvalue weighted by molar-refractivity contribution is -0.138. The summed E-state index contributed by atoms with van der Waals surface area (Å²) in [6.07, 6.45) is 26.6. The van der Waals surface area contributed by atoms with E-state index in [1.165, 1.54) is 96.3 Å². The van der Waals surface area contributed by atoms with E-state index < -0.39 is 5.97 Å². The van der Waals surface area contributed by atoms with E-state index in [9.17, 15) is 9.59 Å². The third kappa shape index (κ3) is 18.3. The van der Waals surface area contributed by atoms with Crippen molar-refractivity contribution < 1.29 is 19.4 Å². The molecule has 1 saturated heterocycles. The summed E-state index contributed by atoms with van der Waals surface area (Å²) in [5.41, 5.74) is 3.18. The minimum absolute atomic E-state index is 0.0683. The SMILES string of the molecule is CC.CC.CC.CC12CCCC1C1CC=C3CCCCC3(C)C1CC2.CCCCCCC(C)C.O=C(O)CCC(=O)NCCCCN1CCOCC1. The van der Waals surface area contributed by atoms with Gasteiger partial charge >= 0.3 is 5.97 Å². The van der Waals surface area contributed by atoms with Gasteiger partial charge in [-0.05, 0) is 105 Å². The Balaban J connectivity index is 0.000000735. The summed E-state index contributed by atoms with van der Waals surface area (Å²) in [5.74, 6) is 2.92. The summed E-state index contributed by atoms with van der Waals surface area (Å²) < 4.78 is 5.26. The predicted octanol–water partition coefficient (Wildman–Crippen LogP) is 12.5. The van der Waals surface area contributed by atoms with Gasteiger partial charge in [-0.15, -0.1) is 0 Å². The normalized spacial score (nSPS) is 27.2. The average molecular weight is 735 g/mol. The molecular formula is C46H90N2O4. The minimum atomic E-state index is -0.933. The number of unbranched alkanes of at least 4 members (excludes halogenated alkanes) is 4. The molecule has 5 atom stereocenters. The van der Waals surface area contributed by atoms with E-state index in [4.69, 9.17) is 9.84 Å². The van der Waals surface area contributed by atoms with Crippen LogP contribution in [0, 0.1) is 34.5 Å². The molecule has 0 radical (unpaired) electrons. The first-order valence-corrected chi connectivity index (χ1v) is 22.6. The second kappa shape index (κ2) is 29.9. The molecule has 308 valence electrons. The topological polar surface area (TPSA) is 78.9 Å². The van der Waals surface area contributed by atoms with E-state index in [0.717, 1.165) is 74.8 Å². The van der Waals surface area contributed by atoms with Gasteiger partial charge in [-0.2, -0.15) is 0 Å². The molecule has 0 bridgehead atoms. The molecule has 5 rings (SSSR count). The van der Waals surface area contributed by atoms with Crippen LogP contribution in [0.2, 0.25) is 0 Å². The number of amides is 1. The molecule has 1 aliphatic heterocycles. The number of rotatable bonds is 13. The van der Waals surface area contributed by atoms with Crippen LogP contribution < -0.4 is 5.32 Å². The first-order chi connectivity index (χ1) is 25.1. The zero-order valence-corrected chi connectivity index (χ0v) is 36.7. The number of ether oxygens (including phenoxy) is 1. The molecule has 3 saturated carbocycles. The van der Waals surface area contributed by atoms with Gasteiger partial charge in [0.25, 0.3) is 0 Å². The van der Waals surface area contributed by atoms with E-state index in [2.05, 4.69) is 50.9 Å². The molecule has 0 aromatic heterocycles. The average Bonchev–Trinajstić information content (AvgIpc) is 3.57. The minimum Gasteiger partial charge on any atom is -0.481 e. The standard InChI is InChI=1S/C19H30.C12H22N2O4.C9H20.3C2H6/c1-18-11-5-7-16(18)15-9-8-14-6-3-4-12-19(14,2)17(15)10-13-18;15-11(3-4-12(16)17)13-5-1-2-6-14-7-9-18-10-8-14;1-4-5-6-7-8-9(2)3;3*1-2/h8,15-17H,3-7,9-13H2,1-2H3;1-10H2,(H,13,15)(H,16,17);9H,4-8H2,1-3H3;3*1-2H3. The van der Waals surface area contributed by atoms with E-state index in [1.54, 1.807) is 0 Å². The molecule has 6 nitrogen and oxygen atoms in total. The van der Waals surface area contributed by atoms with Crippen LogP contribution in [0.5, 0.6) is 0 Å². The second-order valence-corrected chi connectivity index (χ2v) is 16.2. The highest BCUT2D eigenvalue weighted by Gasteiger charge is 2.55. The van der Waals surface area contributed by atoms with Crippen molar-refractivity contribution in [2.75, 3.05) is 39.4 Å². The fourth-order valence-electron chi connectivity index (χ4n) is 9.49. The summed E-state index contributed by atoms with van der Waals surface area (Å²) >= 11 is 0. The summed E-state index contributed by atoms with van der Waals surface area (Å²) in [5, 5.41) is 11.2. The van der Waals surface area contributed by atoms with Crippen LogP contribution in [0.15, 0.2) is 11.6 Å². The molecule has 2 N–H and O–H groups in total. The van der Waals surface area contributed by atoms with E-state index in [1.807, 2.05) is 47.1 Å². The number of fused-ring (bicyclic) bond motifs is 5. The van der Waals surface area contributed by atoms with Gasteiger partial charge < -0.3 is 15.2 Å². The Kier molecular flexibility index (Phi) is 29.1. The molecular weight excluding hydrogens is 645 g/mol. The maximum absolute atomic E-state index is 11.2. The highest BCUT2D eigenvalue weighted by atomic mass is 16.5. The fourth-order valence-corrected chi connectivity index (χ4v) is 9.49. The number of allylic oxidation sites excluding steroid dienone is 2. The number of carboxylic acid groups (broad SMARTS) is 1. The summed E-state index contributed by atoms with van der Waals surface area (Å²) in [7, 11) is 0. The molecule has 5 unspecified atom stereocenters. The van der Waals surface area contributed by atoms with Crippen molar-refractivity contribution in [3.8, 4) is 0 Å². The second-order valence-electron chi connectivity index (χ2n) is 16.2. The Morgan fingerprint density at radius 2 is 1.56 bits per heavy atom. The maximum Gasteiger partial charge on any atom is 0.303 e. The van der Waals surface area contributed by atoms with Gasteiger partial charge in [0.2, 0.25) is 5.91 Å². The third-order valence-electron chi connectivity index (χ3n) is 12.3. The molecule has 4 fully saturated rings. The lowest BCUT2D eigenvalue weighted by Gasteiger charge is -2.56. The van der Waals surface area contributed by atoms with Crippen LogP contribution >= 0.6 is 0 Å². The zero-order valence-electron chi connectivity index (χ0n) is 36.7. The van der Waals surface area contributed by atoms with Crippen molar-refractivity contribution in [3.05, 3.63) is 11.6 Å². The Morgan fingerprint density at radius 1 is 0.865 bits per heavy atom. The Labute approximate surface area is 324 Å². The molecule has 52 heavy (non-hydrogen) atoms. The first kappa shape index (κ1) is 50.6. The smallest absolute Gasteiger partial charge is 0.303 e. The van der Waals surface area contributed by atoms with Crippen LogP contribution in [-0.4, -0.2) is 61.3 Å². The number of hydrogen-bond acceptors (Lipinski definition) is 4. The van der Waals surface area contributed by atoms with Crippen molar-refractivity contribution >= 4 is 11.9 Å². The molecule has 4 aliphatic carbocycles. The number of carbonyl (C=O) groups excluding carboxylic acids is 1. The fraction of sp³-hybridized carbons (Fsp3) is 0.913. The van der Waals surface area contributed by atoms with Crippen molar-refractivity contribution in [2.24, 2.45) is 34.5 Å². The molecule has 1 amide bonds. The molecule has 0 aromatic carbocycles. The van der Waals surface area contributed by atoms with E-state index in [-0.39, 0.29) is 18.7 Å². The maximum atomic E-state index is 11.2. The highest BCUT2D eigenvalue weighted by molar-refractivity contribution is 5.80. The largest absolute Gasteiger partial charge is 0.481 e. The number of carbonyl (C=O) groups is 2. The quantitative estimate of drug-likeness (QED) is 0.145. The predicted molar refractivity (Wildman–Crippen MR) is 225 cm³/mol. The van der Waals surface area contributed by atoms with Crippen molar-refractivity contribution in [1.82, 2.24) is 10.2 Å². The molecule has 0 spiro atoms. The van der Waals surface area contributed by atoms with Crippen LogP contribution in [-0.2, 0) is 14.3 Å². The lowest BCUT2D eigenvalue weighted by Crippen LogP contribution is -2.48. The summed E-state index contributed by atoms with van der Waals surface area (Å²) in [6.45, 7) is 29.4. The number of carboxylic acids is 1. The number of nitrogens with one attached hydrogen (secondary N) is 1. The van der Waals surface area contributed by atoms with Crippen LogP contribution in [0.1, 0.15) is 198 Å². The third-order valence-corrected chi connectivity index (χ3v) is 12.3. The van der Waals surface area contributed by atoms with Gasteiger partial charge in [-0.3, -0.25) is 14.5 Å². The number of morpholine rings is 1. The van der Waals surface area contributed by atoms with Gasteiger partial charge in [0.15, 0.2) is 0 Å². The Morgan fingerprint density at radius 3 is 2.19 bits per heavy atom. The van der Waals surface area contributed by atoms with E-state index >= 15 is 0 Å². The number of hydrogen-bond donors (Lipinski definition) is 2. The van der Waals surface area contributed by atoms with Gasteiger partial charge in [-0.25, -0.2) is 0 Å². The summed E-state index contributed by atoms with van der Waals surface area (Å²) in [6, 6.07) is 0. The van der Waals surface area contributed by atoms with Crippen molar-refractivity contribution in [2.45, 2.75) is 198 Å². The van der Waals surface area contributed by atoms with Gasteiger partial charge in [0.05, 0.1) is 19.6 Å². The zero-order chi connectivity index (χ0) is 39.4. The van der Waals surface area contributed by atoms with Crippen molar-refractivity contribution in [1.29, 1.82) is 0 Å².